The molecule has 18 heavy (non-hydrogen) atoms. The second-order valence-electron chi connectivity index (χ2n) is 4.49. The second-order valence-corrected chi connectivity index (χ2v) is 4.49. The molecule has 96 valence electrons. The van der Waals surface area contributed by atoms with Crippen LogP contribution in [-0.2, 0) is 0 Å². The minimum absolute atomic E-state index is 0.0555. The number of benzene rings is 1. The Morgan fingerprint density at radius 3 is 2.94 bits per heavy atom. The highest BCUT2D eigenvalue weighted by atomic mass is 19.1. The number of halogens is 1. The number of Topliss-reactive ketones (excluding diaryl/α,β-unsaturated/α-hetero) is 1. The average Bonchev–Trinajstić information content (AvgIpc) is 2.77. The van der Waals surface area contributed by atoms with Crippen molar-refractivity contribution < 1.29 is 13.6 Å². The first-order chi connectivity index (χ1) is 8.61. The van der Waals surface area contributed by atoms with Gasteiger partial charge in [0.25, 0.3) is 0 Å². The molecular formula is C14H16FNO2. The second kappa shape index (κ2) is 5.31. The first-order valence-electron chi connectivity index (χ1n) is 6.05. The van der Waals surface area contributed by atoms with Crippen molar-refractivity contribution in [3.05, 3.63) is 35.8 Å². The summed E-state index contributed by atoms with van der Waals surface area (Å²) < 4.78 is 18.5. The lowest BCUT2D eigenvalue weighted by Crippen LogP contribution is -2.12. The lowest BCUT2D eigenvalue weighted by atomic mass is 9.99. The molecule has 1 aromatic carbocycles. The van der Waals surface area contributed by atoms with Gasteiger partial charge in [0.15, 0.2) is 5.76 Å². The monoisotopic (exact) mass is 249 g/mol. The summed E-state index contributed by atoms with van der Waals surface area (Å²) in [5.41, 5.74) is 5.95. The fraction of sp³-hybridized carbons (Fsp3) is 0.357. The van der Waals surface area contributed by atoms with Gasteiger partial charge in [-0.15, -0.1) is 0 Å². The maximum Gasteiger partial charge on any atom is 0.200 e. The van der Waals surface area contributed by atoms with Gasteiger partial charge in [0.05, 0.1) is 0 Å². The van der Waals surface area contributed by atoms with Crippen molar-refractivity contribution >= 4 is 16.8 Å². The van der Waals surface area contributed by atoms with Gasteiger partial charge in [-0.05, 0) is 43.7 Å². The van der Waals surface area contributed by atoms with E-state index in [2.05, 4.69) is 0 Å². The highest BCUT2D eigenvalue weighted by molar-refractivity contribution is 5.98. The van der Waals surface area contributed by atoms with Crippen molar-refractivity contribution in [1.82, 2.24) is 0 Å². The number of rotatable bonds is 5. The van der Waals surface area contributed by atoms with Crippen LogP contribution in [0.4, 0.5) is 4.39 Å². The van der Waals surface area contributed by atoms with Gasteiger partial charge in [-0.1, -0.05) is 6.92 Å². The summed E-state index contributed by atoms with van der Waals surface area (Å²) in [6.45, 7) is 2.43. The summed E-state index contributed by atoms with van der Waals surface area (Å²) in [7, 11) is 0. The minimum atomic E-state index is -0.335. The van der Waals surface area contributed by atoms with Crippen LogP contribution in [0.25, 0.3) is 11.0 Å². The number of nitrogens with two attached hydrogens (primary N) is 1. The van der Waals surface area contributed by atoms with Crippen molar-refractivity contribution in [2.45, 2.75) is 19.8 Å². The van der Waals surface area contributed by atoms with Crippen LogP contribution in [0.5, 0.6) is 0 Å². The predicted molar refractivity (Wildman–Crippen MR) is 68.0 cm³/mol. The van der Waals surface area contributed by atoms with Crippen LogP contribution in [0.15, 0.2) is 28.7 Å². The van der Waals surface area contributed by atoms with Crippen LogP contribution in [0.2, 0.25) is 0 Å². The van der Waals surface area contributed by atoms with Crippen molar-refractivity contribution in [3.63, 3.8) is 0 Å². The largest absolute Gasteiger partial charge is 0.453 e. The summed E-state index contributed by atoms with van der Waals surface area (Å²) in [5, 5.41) is 0.615. The molecule has 1 atom stereocenters. The number of hydrogen-bond acceptors (Lipinski definition) is 3. The van der Waals surface area contributed by atoms with E-state index in [9.17, 15) is 9.18 Å². The van der Waals surface area contributed by atoms with Crippen LogP contribution in [0.3, 0.4) is 0 Å². The zero-order valence-corrected chi connectivity index (χ0v) is 10.3. The van der Waals surface area contributed by atoms with Gasteiger partial charge >= 0.3 is 0 Å². The van der Waals surface area contributed by atoms with Crippen LogP contribution >= 0.6 is 0 Å². The Morgan fingerprint density at radius 2 is 2.22 bits per heavy atom. The number of ketones is 1. The molecule has 0 aliphatic heterocycles. The zero-order chi connectivity index (χ0) is 13.1. The Bertz CT molecular complexity index is 562. The van der Waals surface area contributed by atoms with Crippen molar-refractivity contribution in [3.8, 4) is 0 Å². The van der Waals surface area contributed by atoms with E-state index in [1.165, 1.54) is 18.2 Å². The fourth-order valence-electron chi connectivity index (χ4n) is 1.93. The number of carbonyl (C=O) groups excluding carboxylic acids is 1. The van der Waals surface area contributed by atoms with E-state index in [0.29, 0.717) is 23.3 Å². The maximum absolute atomic E-state index is 13.0. The molecule has 0 aliphatic rings. The van der Waals surface area contributed by atoms with Gasteiger partial charge in [-0.3, -0.25) is 4.79 Å². The Morgan fingerprint density at radius 1 is 1.44 bits per heavy atom. The summed E-state index contributed by atoms with van der Waals surface area (Å²) in [6, 6.07) is 5.81. The van der Waals surface area contributed by atoms with Gasteiger partial charge in [0.2, 0.25) is 5.78 Å². The minimum Gasteiger partial charge on any atom is -0.453 e. The fourth-order valence-corrected chi connectivity index (χ4v) is 1.93. The van der Waals surface area contributed by atoms with Gasteiger partial charge < -0.3 is 10.2 Å². The first-order valence-corrected chi connectivity index (χ1v) is 6.05. The molecule has 3 nitrogen and oxygen atoms in total. The summed E-state index contributed by atoms with van der Waals surface area (Å²) in [6.07, 6.45) is 1.54. The third-order valence-electron chi connectivity index (χ3n) is 3.01. The molecule has 2 aromatic rings. The molecule has 2 N–H and O–H groups in total. The average molecular weight is 249 g/mol. The van der Waals surface area contributed by atoms with E-state index >= 15 is 0 Å². The Kier molecular flexibility index (Phi) is 3.77. The molecule has 0 aliphatic carbocycles. The molecule has 1 heterocycles. The van der Waals surface area contributed by atoms with E-state index in [1.54, 1.807) is 6.07 Å². The summed E-state index contributed by atoms with van der Waals surface area (Å²) >= 11 is 0. The molecule has 1 unspecified atom stereocenters. The van der Waals surface area contributed by atoms with Crippen LogP contribution in [0, 0.1) is 11.7 Å². The van der Waals surface area contributed by atoms with Crippen molar-refractivity contribution in [1.29, 1.82) is 0 Å². The highest BCUT2D eigenvalue weighted by Crippen LogP contribution is 2.23. The molecule has 2 rings (SSSR count). The number of fused-ring (bicyclic) bond motifs is 1. The molecule has 0 amide bonds. The van der Waals surface area contributed by atoms with Crippen LogP contribution in [0.1, 0.15) is 30.3 Å². The van der Waals surface area contributed by atoms with E-state index in [0.717, 1.165) is 12.8 Å². The number of hydrogen-bond donors (Lipinski definition) is 1. The molecular weight excluding hydrogens is 233 g/mol. The molecule has 0 fully saturated rings. The molecule has 0 bridgehead atoms. The first kappa shape index (κ1) is 12.8. The van der Waals surface area contributed by atoms with Gasteiger partial charge in [-0.2, -0.15) is 0 Å². The lowest BCUT2D eigenvalue weighted by Gasteiger charge is -2.06. The molecule has 0 spiro atoms. The molecule has 0 radical (unpaired) electrons. The van der Waals surface area contributed by atoms with Gasteiger partial charge in [-0.25, -0.2) is 4.39 Å². The quantitative estimate of drug-likeness (QED) is 0.828. The molecule has 1 aromatic heterocycles. The Labute approximate surface area is 105 Å². The lowest BCUT2D eigenvalue weighted by molar-refractivity contribution is 0.0897. The van der Waals surface area contributed by atoms with Crippen molar-refractivity contribution in [2.75, 3.05) is 6.54 Å². The maximum atomic E-state index is 13.0. The number of carbonyl (C=O) groups is 1. The Balaban J connectivity index is 2.22. The highest BCUT2D eigenvalue weighted by Gasteiger charge is 2.19. The third-order valence-corrected chi connectivity index (χ3v) is 3.01. The molecule has 0 saturated heterocycles. The van der Waals surface area contributed by atoms with Crippen molar-refractivity contribution in [2.24, 2.45) is 11.7 Å². The van der Waals surface area contributed by atoms with Crippen LogP contribution in [-0.4, -0.2) is 12.3 Å². The van der Waals surface area contributed by atoms with Crippen LogP contribution < -0.4 is 5.73 Å². The van der Waals surface area contributed by atoms with Gasteiger partial charge in [0, 0.05) is 11.3 Å². The summed E-state index contributed by atoms with van der Waals surface area (Å²) in [5.74, 6) is -0.224. The van der Waals surface area contributed by atoms with E-state index < -0.39 is 0 Å². The Hall–Kier alpha value is -1.68. The molecule has 0 saturated carbocycles. The number of furan rings is 1. The predicted octanol–water partition coefficient (Wildman–Crippen LogP) is 3.13. The van der Waals surface area contributed by atoms with E-state index in [1.807, 2.05) is 6.92 Å². The standard InChI is InChI=1S/C14H16FNO2/c1-9(3-2-6-16)14(17)13-8-10-7-11(15)4-5-12(10)18-13/h4-5,7-9H,2-3,6,16H2,1H3. The van der Waals surface area contributed by atoms with Gasteiger partial charge in [0.1, 0.15) is 11.4 Å². The summed E-state index contributed by atoms with van der Waals surface area (Å²) in [4.78, 5) is 12.1. The topological polar surface area (TPSA) is 56.2 Å². The third kappa shape index (κ3) is 2.59. The zero-order valence-electron chi connectivity index (χ0n) is 10.3. The smallest absolute Gasteiger partial charge is 0.200 e. The van der Waals surface area contributed by atoms with E-state index in [4.69, 9.17) is 10.2 Å². The normalized spacial score (nSPS) is 12.8. The SMILES string of the molecule is CC(CCCN)C(=O)c1cc2cc(F)ccc2o1. The van der Waals surface area contributed by atoms with E-state index in [-0.39, 0.29) is 17.5 Å². The molecule has 4 heteroatoms.